The van der Waals surface area contributed by atoms with E-state index in [0.717, 1.165) is 0 Å². The van der Waals surface area contributed by atoms with Gasteiger partial charge in [0, 0.05) is 23.6 Å². The lowest BCUT2D eigenvalue weighted by Gasteiger charge is -2.46. The highest BCUT2D eigenvalue weighted by atomic mass is 16.6. The van der Waals surface area contributed by atoms with Gasteiger partial charge in [-0.3, -0.25) is 19.7 Å². The topological polar surface area (TPSA) is 127 Å². The summed E-state index contributed by atoms with van der Waals surface area (Å²) in [5.41, 5.74) is 2.44. The number of ether oxygens (including phenoxy) is 1. The minimum absolute atomic E-state index is 0.0723. The van der Waals surface area contributed by atoms with Gasteiger partial charge in [-0.1, -0.05) is 31.2 Å². The van der Waals surface area contributed by atoms with Crippen LogP contribution in [-0.2, 0) is 20.9 Å². The Morgan fingerprint density at radius 3 is 2.29 bits per heavy atom. The van der Waals surface area contributed by atoms with E-state index in [4.69, 9.17) is 4.74 Å². The molecule has 34 heavy (non-hydrogen) atoms. The summed E-state index contributed by atoms with van der Waals surface area (Å²) in [6, 6.07) is 12.1. The summed E-state index contributed by atoms with van der Waals surface area (Å²) in [6.07, 6.45) is -0.868. The fourth-order valence-corrected chi connectivity index (χ4v) is 4.76. The van der Waals surface area contributed by atoms with Crippen LogP contribution >= 0.6 is 0 Å². The van der Waals surface area contributed by atoms with Gasteiger partial charge in [-0.15, -0.1) is 0 Å². The highest BCUT2D eigenvalue weighted by Gasteiger charge is 2.60. The summed E-state index contributed by atoms with van der Waals surface area (Å²) in [5, 5.41) is 21.0. The quantitative estimate of drug-likeness (QED) is 0.219. The van der Waals surface area contributed by atoms with Gasteiger partial charge in [0.1, 0.15) is 12.3 Å². The molecule has 0 saturated carbocycles. The van der Waals surface area contributed by atoms with Crippen LogP contribution < -0.4 is 0 Å². The molecule has 2 heterocycles. The van der Waals surface area contributed by atoms with Gasteiger partial charge < -0.3 is 14.7 Å². The van der Waals surface area contributed by atoms with E-state index in [-0.39, 0.29) is 41.6 Å². The summed E-state index contributed by atoms with van der Waals surface area (Å²) < 4.78 is 5.49. The zero-order valence-corrected chi connectivity index (χ0v) is 18.9. The number of aliphatic hydroxyl groups is 1. The Bertz CT molecular complexity index is 1200. The second-order valence-corrected chi connectivity index (χ2v) is 8.65. The van der Waals surface area contributed by atoms with Crippen LogP contribution in [0.1, 0.15) is 42.3 Å². The lowest BCUT2D eigenvalue weighted by atomic mass is 9.77. The molecule has 9 heteroatoms. The monoisotopic (exact) mass is 464 g/mol. The Balaban J connectivity index is 1.66. The fourth-order valence-electron chi connectivity index (χ4n) is 4.76. The first-order valence-electron chi connectivity index (χ1n) is 10.9. The Kier molecular flexibility index (Phi) is 6.05. The van der Waals surface area contributed by atoms with Crippen molar-refractivity contribution in [3.8, 4) is 0 Å². The number of carbonyl (C=O) groups is 3. The zero-order chi connectivity index (χ0) is 24.7. The number of Topliss-reactive ketones (excluding diaryl/α,β-unsaturated/α-hetero) is 1. The van der Waals surface area contributed by atoms with Gasteiger partial charge in [0.15, 0.2) is 5.78 Å². The van der Waals surface area contributed by atoms with Crippen molar-refractivity contribution in [3.05, 3.63) is 81.0 Å². The predicted octanol–water partition coefficient (Wildman–Crippen LogP) is 3.11. The van der Waals surface area contributed by atoms with Gasteiger partial charge in [-0.2, -0.15) is 0 Å². The molecule has 1 fully saturated rings. The van der Waals surface area contributed by atoms with E-state index < -0.39 is 22.9 Å². The molecule has 0 spiro atoms. The number of fused-ring (bicyclic) bond motifs is 1. The number of carbonyl (C=O) groups excluding carboxylic acids is 3. The van der Waals surface area contributed by atoms with E-state index in [1.54, 1.807) is 31.2 Å². The number of rotatable bonds is 7. The van der Waals surface area contributed by atoms with Gasteiger partial charge in [0.05, 0.1) is 23.0 Å². The van der Waals surface area contributed by atoms with Crippen LogP contribution in [-0.4, -0.2) is 44.7 Å². The SMILES string of the molecule is CC(=O)c1ccc(C2=C(C(=O)OCc3ccc([N+](=O)[O-])cc3)N3C(=O)[C@H](C(C)O)[C@H]3[C@H]2C)cc1. The minimum Gasteiger partial charge on any atom is -0.456 e. The molecule has 9 nitrogen and oxygen atoms in total. The summed E-state index contributed by atoms with van der Waals surface area (Å²) in [7, 11) is 0. The van der Waals surface area contributed by atoms with Crippen molar-refractivity contribution < 1.29 is 29.2 Å². The number of nitro benzene ring substituents is 1. The molecule has 2 aliphatic heterocycles. The van der Waals surface area contributed by atoms with Crippen LogP contribution in [0.5, 0.6) is 0 Å². The highest BCUT2D eigenvalue weighted by Crippen LogP contribution is 2.50. The molecule has 1 saturated heterocycles. The third-order valence-corrected chi connectivity index (χ3v) is 6.48. The molecule has 1 unspecified atom stereocenters. The van der Waals surface area contributed by atoms with E-state index in [9.17, 15) is 29.6 Å². The maximum Gasteiger partial charge on any atom is 0.355 e. The number of hydrogen-bond acceptors (Lipinski definition) is 7. The molecule has 4 rings (SSSR count). The van der Waals surface area contributed by atoms with Crippen LogP contribution in [0.2, 0.25) is 0 Å². The third-order valence-electron chi connectivity index (χ3n) is 6.48. The Morgan fingerprint density at radius 1 is 1.15 bits per heavy atom. The molecule has 0 bridgehead atoms. The first kappa shape index (κ1) is 23.3. The molecule has 0 radical (unpaired) electrons. The molecular weight excluding hydrogens is 440 g/mol. The smallest absolute Gasteiger partial charge is 0.355 e. The van der Waals surface area contributed by atoms with Crippen LogP contribution in [0.4, 0.5) is 5.69 Å². The van der Waals surface area contributed by atoms with Crippen molar-refractivity contribution in [1.29, 1.82) is 0 Å². The molecule has 2 aromatic rings. The standard InChI is InChI=1S/C25H24N2O7/c1-13-20(18-8-6-17(7-9-18)14(2)28)23(26-22(13)21(15(3)29)24(26)30)25(31)34-12-16-4-10-19(11-5-16)27(32)33/h4-11,13,15,21-22,29H,12H2,1-3H3/t13-,15?,21+,22+/m0/s1. The van der Waals surface area contributed by atoms with Crippen molar-refractivity contribution in [2.24, 2.45) is 11.8 Å². The van der Waals surface area contributed by atoms with E-state index in [2.05, 4.69) is 0 Å². The molecule has 1 amide bonds. The number of β-lactam (4-membered cyclic amide) rings is 1. The lowest BCUT2D eigenvalue weighted by Crippen LogP contribution is -2.63. The molecule has 4 atom stereocenters. The number of non-ortho nitro benzene ring substituents is 1. The number of benzene rings is 2. The molecular formula is C25H24N2O7. The fraction of sp³-hybridized carbons (Fsp3) is 0.320. The highest BCUT2D eigenvalue weighted by molar-refractivity contribution is 6.07. The molecule has 0 aliphatic carbocycles. The second kappa shape index (κ2) is 8.83. The first-order valence-corrected chi connectivity index (χ1v) is 10.9. The normalized spacial score (nSPS) is 22.2. The van der Waals surface area contributed by atoms with E-state index in [1.165, 1.54) is 36.1 Å². The first-order chi connectivity index (χ1) is 16.1. The van der Waals surface area contributed by atoms with Crippen molar-refractivity contribution >= 4 is 28.9 Å². The Hall–Kier alpha value is -3.85. The van der Waals surface area contributed by atoms with Crippen LogP contribution in [0.15, 0.2) is 54.2 Å². The van der Waals surface area contributed by atoms with Crippen molar-refractivity contribution in [1.82, 2.24) is 4.90 Å². The predicted molar refractivity (Wildman–Crippen MR) is 121 cm³/mol. The van der Waals surface area contributed by atoms with Gasteiger partial charge in [0.25, 0.3) is 5.69 Å². The Morgan fingerprint density at radius 2 is 1.76 bits per heavy atom. The molecule has 0 aromatic heterocycles. The number of esters is 1. The van der Waals surface area contributed by atoms with Crippen LogP contribution in [0, 0.1) is 22.0 Å². The lowest BCUT2D eigenvalue weighted by molar-refractivity contribution is -0.384. The van der Waals surface area contributed by atoms with Gasteiger partial charge in [-0.25, -0.2) is 4.79 Å². The summed E-state index contributed by atoms with van der Waals surface area (Å²) in [5.74, 6) is -2.00. The minimum atomic E-state index is -0.868. The van der Waals surface area contributed by atoms with Gasteiger partial charge >= 0.3 is 5.97 Å². The van der Waals surface area contributed by atoms with Gasteiger partial charge in [-0.05, 0) is 42.7 Å². The average Bonchev–Trinajstić information content (AvgIpc) is 3.06. The number of nitrogens with zero attached hydrogens (tertiary/aromatic N) is 2. The number of aliphatic hydroxyl groups excluding tert-OH is 1. The zero-order valence-electron chi connectivity index (χ0n) is 18.9. The number of nitro groups is 1. The van der Waals surface area contributed by atoms with E-state index in [0.29, 0.717) is 22.3 Å². The number of ketones is 1. The average molecular weight is 464 g/mol. The Labute approximate surface area is 195 Å². The summed E-state index contributed by atoms with van der Waals surface area (Å²) >= 11 is 0. The molecule has 2 aromatic carbocycles. The maximum absolute atomic E-state index is 13.2. The van der Waals surface area contributed by atoms with Crippen molar-refractivity contribution in [2.75, 3.05) is 0 Å². The summed E-state index contributed by atoms with van der Waals surface area (Å²) in [6.45, 7) is 4.78. The van der Waals surface area contributed by atoms with Crippen molar-refractivity contribution in [3.63, 3.8) is 0 Å². The summed E-state index contributed by atoms with van der Waals surface area (Å²) in [4.78, 5) is 49.4. The van der Waals surface area contributed by atoms with Crippen LogP contribution in [0.3, 0.4) is 0 Å². The van der Waals surface area contributed by atoms with Crippen molar-refractivity contribution in [2.45, 2.75) is 39.5 Å². The third kappa shape index (κ3) is 3.88. The van der Waals surface area contributed by atoms with Gasteiger partial charge in [0.2, 0.25) is 5.91 Å². The second-order valence-electron chi connectivity index (χ2n) is 8.65. The maximum atomic E-state index is 13.2. The van der Waals surface area contributed by atoms with Crippen LogP contribution in [0.25, 0.3) is 5.57 Å². The number of hydrogen-bond donors (Lipinski definition) is 1. The van der Waals surface area contributed by atoms with E-state index >= 15 is 0 Å². The molecule has 1 N–H and O–H groups in total. The largest absolute Gasteiger partial charge is 0.456 e. The molecule has 176 valence electrons. The van der Waals surface area contributed by atoms with E-state index in [1.807, 2.05) is 6.92 Å². The molecule has 2 aliphatic rings. The number of amides is 1.